The smallest absolute Gasteiger partial charge is 0.326 e. The summed E-state index contributed by atoms with van der Waals surface area (Å²) >= 11 is 0. The van der Waals surface area contributed by atoms with Crippen molar-refractivity contribution in [1.82, 2.24) is 20.0 Å². The molecule has 0 aromatic heterocycles. The first-order valence-electron chi connectivity index (χ1n) is 14.6. The van der Waals surface area contributed by atoms with Crippen LogP contribution in [0.4, 0.5) is 4.79 Å². The van der Waals surface area contributed by atoms with Crippen LogP contribution in [0.5, 0.6) is 0 Å². The third-order valence-corrected chi connectivity index (χ3v) is 7.91. The number of unbranched alkanes of at least 4 members (excludes halogenated alkanes) is 1. The fourth-order valence-corrected chi connectivity index (χ4v) is 5.13. The third-order valence-electron chi connectivity index (χ3n) is 7.91. The second-order valence-corrected chi connectivity index (χ2v) is 10.3. The number of hydrogen-bond acceptors (Lipinski definition) is 5. The molecular formula is C30H50N4O4. The van der Waals surface area contributed by atoms with Gasteiger partial charge in [0.15, 0.2) is 6.23 Å². The molecule has 214 valence electrons. The predicted molar refractivity (Wildman–Crippen MR) is 152 cm³/mol. The third kappa shape index (κ3) is 8.03. The molecule has 1 N–H and O–H groups in total. The van der Waals surface area contributed by atoms with Crippen LogP contribution in [0.2, 0.25) is 0 Å². The number of nitrogens with zero attached hydrogens (tertiary/aromatic N) is 3. The van der Waals surface area contributed by atoms with E-state index in [4.69, 9.17) is 4.74 Å². The molecule has 2 rings (SSSR count). The summed E-state index contributed by atoms with van der Waals surface area (Å²) in [6.07, 6.45) is 3.96. The molecule has 0 saturated carbocycles. The molecule has 1 aromatic rings. The standard InChI is InChI=1S/C30H50N4O4/c1-7-20-33(22-21-32(10-4)11-5)26(35)23-38-28-30(8-2,9-3)27(36)34(28)29(37)31-19-13-12-14-25-17-15-24(6)16-18-25/h15-18,28H,7-14,19-23H2,1-6H3,(H,31,37). The maximum atomic E-state index is 13.1. The van der Waals surface area contributed by atoms with Gasteiger partial charge in [-0.2, -0.15) is 0 Å². The van der Waals surface area contributed by atoms with Crippen LogP contribution in [-0.4, -0.2) is 84.6 Å². The number of ether oxygens (including phenoxy) is 1. The van der Waals surface area contributed by atoms with Gasteiger partial charge in [-0.25, -0.2) is 9.69 Å². The summed E-state index contributed by atoms with van der Waals surface area (Å²) in [5.41, 5.74) is 1.76. The van der Waals surface area contributed by atoms with E-state index in [1.165, 1.54) is 16.0 Å². The van der Waals surface area contributed by atoms with E-state index in [2.05, 4.69) is 62.2 Å². The molecule has 1 fully saturated rings. The first kappa shape index (κ1) is 31.8. The monoisotopic (exact) mass is 530 g/mol. The molecule has 1 atom stereocenters. The first-order valence-corrected chi connectivity index (χ1v) is 14.6. The molecule has 0 spiro atoms. The van der Waals surface area contributed by atoms with Gasteiger partial charge in [0, 0.05) is 26.2 Å². The number of likely N-dealkylation sites (tertiary alicyclic amines) is 1. The van der Waals surface area contributed by atoms with Crippen molar-refractivity contribution in [3.05, 3.63) is 35.4 Å². The zero-order valence-corrected chi connectivity index (χ0v) is 24.6. The van der Waals surface area contributed by atoms with E-state index in [9.17, 15) is 14.4 Å². The Morgan fingerprint density at radius 1 is 0.974 bits per heavy atom. The molecule has 38 heavy (non-hydrogen) atoms. The van der Waals surface area contributed by atoms with Crippen molar-refractivity contribution in [3.63, 3.8) is 0 Å². The fourth-order valence-electron chi connectivity index (χ4n) is 5.13. The number of carbonyl (C=O) groups is 3. The number of hydrogen-bond donors (Lipinski definition) is 1. The number of imide groups is 1. The highest BCUT2D eigenvalue weighted by atomic mass is 16.5. The maximum absolute atomic E-state index is 13.1. The van der Waals surface area contributed by atoms with Crippen LogP contribution in [0.15, 0.2) is 24.3 Å². The molecule has 1 unspecified atom stereocenters. The van der Waals surface area contributed by atoms with Crippen LogP contribution in [0.25, 0.3) is 0 Å². The van der Waals surface area contributed by atoms with Crippen molar-refractivity contribution >= 4 is 17.8 Å². The van der Waals surface area contributed by atoms with Gasteiger partial charge < -0.3 is 19.9 Å². The van der Waals surface area contributed by atoms with Crippen LogP contribution in [0.3, 0.4) is 0 Å². The minimum atomic E-state index is -0.764. The SMILES string of the molecule is CCCN(CCN(CC)CC)C(=O)COC1N(C(=O)NCCCCc2ccc(C)cc2)C(=O)C1(CC)CC. The summed E-state index contributed by atoms with van der Waals surface area (Å²) in [4.78, 5) is 44.4. The molecule has 1 aromatic carbocycles. The lowest BCUT2D eigenvalue weighted by Crippen LogP contribution is -2.72. The molecule has 8 nitrogen and oxygen atoms in total. The number of rotatable bonds is 17. The van der Waals surface area contributed by atoms with Crippen molar-refractivity contribution < 1.29 is 19.1 Å². The van der Waals surface area contributed by atoms with Crippen molar-refractivity contribution in [1.29, 1.82) is 0 Å². The normalized spacial score (nSPS) is 16.4. The zero-order chi connectivity index (χ0) is 28.1. The molecule has 4 amide bonds. The van der Waals surface area contributed by atoms with Gasteiger partial charge in [0.25, 0.3) is 0 Å². The Bertz CT molecular complexity index is 881. The van der Waals surface area contributed by atoms with Crippen molar-refractivity contribution in [2.45, 2.75) is 86.3 Å². The Kier molecular flexibility index (Phi) is 13.2. The van der Waals surface area contributed by atoms with E-state index in [-0.39, 0.29) is 18.4 Å². The molecule has 0 bridgehead atoms. The van der Waals surface area contributed by atoms with Gasteiger partial charge in [-0.3, -0.25) is 9.59 Å². The number of carbonyl (C=O) groups excluding carboxylic acids is 3. The summed E-state index contributed by atoms with van der Waals surface area (Å²) in [6, 6.07) is 8.05. The van der Waals surface area contributed by atoms with Crippen LogP contribution in [-0.2, 0) is 20.7 Å². The molecule has 1 aliphatic heterocycles. The molecule has 8 heteroatoms. The van der Waals surface area contributed by atoms with Gasteiger partial charge in [0.2, 0.25) is 11.8 Å². The van der Waals surface area contributed by atoms with E-state index in [1.807, 2.05) is 18.7 Å². The number of likely N-dealkylation sites (N-methyl/N-ethyl adjacent to an activating group) is 1. The number of nitrogens with one attached hydrogen (secondary N) is 1. The largest absolute Gasteiger partial charge is 0.347 e. The quantitative estimate of drug-likeness (QED) is 0.235. The summed E-state index contributed by atoms with van der Waals surface area (Å²) in [5.74, 6) is -0.319. The number of urea groups is 1. The van der Waals surface area contributed by atoms with E-state index < -0.39 is 17.7 Å². The van der Waals surface area contributed by atoms with Gasteiger partial charge in [0.1, 0.15) is 6.61 Å². The highest BCUT2D eigenvalue weighted by Gasteiger charge is 2.62. The number of aryl methyl sites for hydroxylation is 2. The molecule has 0 aliphatic carbocycles. The number of β-lactam (4-membered cyclic amide) rings is 1. The lowest BCUT2D eigenvalue weighted by molar-refractivity contribution is -0.212. The van der Waals surface area contributed by atoms with Crippen molar-refractivity contribution in [2.24, 2.45) is 5.41 Å². The minimum absolute atomic E-state index is 0.101. The molecule has 1 heterocycles. The number of benzene rings is 1. The highest BCUT2D eigenvalue weighted by molar-refractivity contribution is 6.03. The maximum Gasteiger partial charge on any atom is 0.326 e. The van der Waals surface area contributed by atoms with Gasteiger partial charge >= 0.3 is 6.03 Å². The molecule has 1 saturated heterocycles. The number of amides is 4. The second kappa shape index (κ2) is 15.8. The van der Waals surface area contributed by atoms with Crippen LogP contribution >= 0.6 is 0 Å². The summed E-state index contributed by atoms with van der Waals surface area (Å²) in [5, 5.41) is 2.89. The fraction of sp³-hybridized carbons (Fsp3) is 0.700. The molecule has 1 aliphatic rings. The first-order chi connectivity index (χ1) is 18.3. The van der Waals surface area contributed by atoms with E-state index in [0.717, 1.165) is 45.3 Å². The summed E-state index contributed by atoms with van der Waals surface area (Å²) < 4.78 is 6.06. The van der Waals surface area contributed by atoms with E-state index in [1.54, 1.807) is 0 Å². The van der Waals surface area contributed by atoms with Crippen LogP contribution < -0.4 is 5.32 Å². The van der Waals surface area contributed by atoms with Gasteiger partial charge in [-0.1, -0.05) is 64.4 Å². The average molecular weight is 531 g/mol. The molecule has 0 radical (unpaired) electrons. The Morgan fingerprint density at radius 2 is 1.63 bits per heavy atom. The van der Waals surface area contributed by atoms with E-state index in [0.29, 0.717) is 32.5 Å². The second-order valence-electron chi connectivity index (χ2n) is 10.3. The predicted octanol–water partition coefficient (Wildman–Crippen LogP) is 4.60. The Balaban J connectivity index is 1.92. The molecular weight excluding hydrogens is 480 g/mol. The Morgan fingerprint density at radius 3 is 2.21 bits per heavy atom. The summed E-state index contributed by atoms with van der Waals surface area (Å²) in [6.45, 7) is 16.6. The minimum Gasteiger partial charge on any atom is -0.347 e. The Labute approximate surface area is 230 Å². The topological polar surface area (TPSA) is 82.2 Å². The zero-order valence-electron chi connectivity index (χ0n) is 24.6. The lowest BCUT2D eigenvalue weighted by Gasteiger charge is -2.53. The van der Waals surface area contributed by atoms with E-state index >= 15 is 0 Å². The van der Waals surface area contributed by atoms with Gasteiger partial charge in [-0.15, -0.1) is 0 Å². The van der Waals surface area contributed by atoms with Crippen molar-refractivity contribution in [3.8, 4) is 0 Å². The summed E-state index contributed by atoms with van der Waals surface area (Å²) in [7, 11) is 0. The van der Waals surface area contributed by atoms with Crippen LogP contribution in [0, 0.1) is 12.3 Å². The average Bonchev–Trinajstić information content (AvgIpc) is 2.92. The highest BCUT2D eigenvalue weighted by Crippen LogP contribution is 2.45. The lowest BCUT2D eigenvalue weighted by atomic mass is 9.72. The van der Waals surface area contributed by atoms with Gasteiger partial charge in [-0.05, 0) is 64.1 Å². The van der Waals surface area contributed by atoms with Crippen molar-refractivity contribution in [2.75, 3.05) is 45.9 Å². The van der Waals surface area contributed by atoms with Crippen LogP contribution in [0.1, 0.15) is 77.8 Å². The van der Waals surface area contributed by atoms with Gasteiger partial charge in [0.05, 0.1) is 5.41 Å². The Hall–Kier alpha value is -2.45.